The van der Waals surface area contributed by atoms with Crippen LogP contribution in [0.2, 0.25) is 0 Å². The molecule has 3 rings (SSSR count). The Kier molecular flexibility index (Phi) is 4.99. The van der Waals surface area contributed by atoms with Crippen molar-refractivity contribution in [1.29, 1.82) is 0 Å². The third-order valence-electron chi connectivity index (χ3n) is 5.12. The largest absolute Gasteiger partial charge is 0.342 e. The second-order valence-corrected chi connectivity index (χ2v) is 6.96. The number of benzene rings is 1. The zero-order valence-corrected chi connectivity index (χ0v) is 13.9. The maximum atomic E-state index is 12.7. The number of rotatable bonds is 2. The highest BCUT2D eigenvalue weighted by Gasteiger charge is 2.31. The SMILES string of the molecule is CC1CCCN(C(=O)C2CCN(C(=O)c3ccccc3)CC2)C1. The van der Waals surface area contributed by atoms with Crippen molar-refractivity contribution in [3.8, 4) is 0 Å². The number of hydrogen-bond acceptors (Lipinski definition) is 2. The molecule has 0 bridgehead atoms. The minimum absolute atomic E-state index is 0.0862. The molecule has 1 atom stereocenters. The molecule has 1 aromatic carbocycles. The van der Waals surface area contributed by atoms with E-state index in [0.29, 0.717) is 24.9 Å². The molecule has 2 amide bonds. The van der Waals surface area contributed by atoms with Crippen LogP contribution in [-0.4, -0.2) is 47.8 Å². The summed E-state index contributed by atoms with van der Waals surface area (Å²) < 4.78 is 0. The molecule has 2 saturated heterocycles. The van der Waals surface area contributed by atoms with Crippen LogP contribution in [0.4, 0.5) is 0 Å². The van der Waals surface area contributed by atoms with Crippen LogP contribution in [0.15, 0.2) is 30.3 Å². The lowest BCUT2D eigenvalue weighted by Crippen LogP contribution is -2.47. The summed E-state index contributed by atoms with van der Waals surface area (Å²) in [5, 5.41) is 0. The fraction of sp³-hybridized carbons (Fsp3) is 0.579. The number of likely N-dealkylation sites (tertiary alicyclic amines) is 2. The molecule has 2 heterocycles. The molecule has 1 unspecified atom stereocenters. The van der Waals surface area contributed by atoms with E-state index >= 15 is 0 Å². The lowest BCUT2D eigenvalue weighted by Gasteiger charge is -2.37. The van der Waals surface area contributed by atoms with Gasteiger partial charge in [-0.2, -0.15) is 0 Å². The molecule has 0 N–H and O–H groups in total. The van der Waals surface area contributed by atoms with Crippen molar-refractivity contribution >= 4 is 11.8 Å². The molecule has 4 nitrogen and oxygen atoms in total. The summed E-state index contributed by atoms with van der Waals surface area (Å²) in [7, 11) is 0. The highest BCUT2D eigenvalue weighted by molar-refractivity contribution is 5.94. The summed E-state index contributed by atoms with van der Waals surface area (Å²) in [6.07, 6.45) is 3.94. The van der Waals surface area contributed by atoms with Crippen molar-refractivity contribution < 1.29 is 9.59 Å². The molecular weight excluding hydrogens is 288 g/mol. The van der Waals surface area contributed by atoms with Crippen LogP contribution in [-0.2, 0) is 4.79 Å². The average molecular weight is 314 g/mol. The van der Waals surface area contributed by atoms with Crippen LogP contribution in [0.5, 0.6) is 0 Å². The second-order valence-electron chi connectivity index (χ2n) is 6.96. The number of carbonyl (C=O) groups excluding carboxylic acids is 2. The molecule has 124 valence electrons. The number of hydrogen-bond donors (Lipinski definition) is 0. The van der Waals surface area contributed by atoms with Gasteiger partial charge in [0.25, 0.3) is 5.91 Å². The Hall–Kier alpha value is -1.84. The van der Waals surface area contributed by atoms with E-state index in [0.717, 1.165) is 37.9 Å². The standard InChI is InChI=1S/C19H26N2O2/c1-15-6-5-11-21(14-15)19(23)17-9-12-20(13-10-17)18(22)16-7-3-2-4-8-16/h2-4,7-8,15,17H,5-6,9-14H2,1H3. The van der Waals surface area contributed by atoms with Crippen LogP contribution in [0, 0.1) is 11.8 Å². The highest BCUT2D eigenvalue weighted by atomic mass is 16.2. The van der Waals surface area contributed by atoms with Gasteiger partial charge in [0, 0.05) is 37.7 Å². The summed E-state index contributed by atoms with van der Waals surface area (Å²) in [5.41, 5.74) is 0.738. The van der Waals surface area contributed by atoms with Crippen molar-refractivity contribution in [2.45, 2.75) is 32.6 Å². The normalized spacial score (nSPS) is 22.9. The minimum Gasteiger partial charge on any atom is -0.342 e. The summed E-state index contributed by atoms with van der Waals surface area (Å²) in [4.78, 5) is 29.1. The average Bonchev–Trinajstić information content (AvgIpc) is 2.61. The van der Waals surface area contributed by atoms with Crippen molar-refractivity contribution in [3.63, 3.8) is 0 Å². The van der Waals surface area contributed by atoms with E-state index in [-0.39, 0.29) is 11.8 Å². The molecule has 23 heavy (non-hydrogen) atoms. The van der Waals surface area contributed by atoms with Crippen LogP contribution in [0.3, 0.4) is 0 Å². The molecule has 2 aliphatic rings. The number of amides is 2. The Morgan fingerprint density at radius 1 is 0.957 bits per heavy atom. The number of carbonyl (C=O) groups is 2. The van der Waals surface area contributed by atoms with Crippen molar-refractivity contribution in [2.75, 3.05) is 26.2 Å². The number of nitrogens with zero attached hydrogens (tertiary/aromatic N) is 2. The molecule has 0 aliphatic carbocycles. The summed E-state index contributed by atoms with van der Waals surface area (Å²) in [5.74, 6) is 1.11. The summed E-state index contributed by atoms with van der Waals surface area (Å²) in [6.45, 7) is 5.41. The topological polar surface area (TPSA) is 40.6 Å². The van der Waals surface area contributed by atoms with Crippen LogP contribution < -0.4 is 0 Å². The van der Waals surface area contributed by atoms with Gasteiger partial charge in [-0.15, -0.1) is 0 Å². The lowest BCUT2D eigenvalue weighted by molar-refractivity contribution is -0.138. The van der Waals surface area contributed by atoms with Crippen molar-refractivity contribution in [1.82, 2.24) is 9.80 Å². The quantitative estimate of drug-likeness (QED) is 0.842. The first kappa shape index (κ1) is 16.0. The first-order valence-electron chi connectivity index (χ1n) is 8.78. The van der Waals surface area contributed by atoms with Gasteiger partial charge in [-0.1, -0.05) is 25.1 Å². The van der Waals surface area contributed by atoms with Gasteiger partial charge in [-0.3, -0.25) is 9.59 Å². The Morgan fingerprint density at radius 2 is 1.65 bits per heavy atom. The second kappa shape index (κ2) is 7.16. The summed E-state index contributed by atoms with van der Waals surface area (Å²) in [6, 6.07) is 9.41. The van der Waals surface area contributed by atoms with E-state index in [1.165, 1.54) is 6.42 Å². The molecule has 0 radical (unpaired) electrons. The van der Waals surface area contributed by atoms with E-state index in [1.54, 1.807) is 0 Å². The van der Waals surface area contributed by atoms with E-state index in [2.05, 4.69) is 6.92 Å². The zero-order chi connectivity index (χ0) is 16.2. The predicted molar refractivity (Wildman–Crippen MR) is 90.0 cm³/mol. The first-order chi connectivity index (χ1) is 11.1. The monoisotopic (exact) mass is 314 g/mol. The molecule has 0 spiro atoms. The van der Waals surface area contributed by atoms with Gasteiger partial charge in [-0.05, 0) is 43.7 Å². The Labute approximate surface area is 138 Å². The smallest absolute Gasteiger partial charge is 0.253 e. The van der Waals surface area contributed by atoms with Crippen LogP contribution in [0.25, 0.3) is 0 Å². The molecular formula is C19H26N2O2. The van der Waals surface area contributed by atoms with Crippen molar-refractivity contribution in [3.05, 3.63) is 35.9 Å². The Bertz CT molecular complexity index is 550. The van der Waals surface area contributed by atoms with Gasteiger partial charge in [-0.25, -0.2) is 0 Å². The maximum Gasteiger partial charge on any atom is 0.253 e. The van der Waals surface area contributed by atoms with Crippen LogP contribution >= 0.6 is 0 Å². The van der Waals surface area contributed by atoms with E-state index in [9.17, 15) is 9.59 Å². The maximum absolute atomic E-state index is 12.7. The Balaban J connectivity index is 1.54. The van der Waals surface area contributed by atoms with Gasteiger partial charge in [0.15, 0.2) is 0 Å². The molecule has 4 heteroatoms. The third kappa shape index (κ3) is 3.74. The number of piperidine rings is 2. The van der Waals surface area contributed by atoms with Gasteiger partial charge in [0.1, 0.15) is 0 Å². The Morgan fingerprint density at radius 3 is 2.30 bits per heavy atom. The van der Waals surface area contributed by atoms with E-state index < -0.39 is 0 Å². The van der Waals surface area contributed by atoms with Crippen molar-refractivity contribution in [2.24, 2.45) is 11.8 Å². The fourth-order valence-corrected chi connectivity index (χ4v) is 3.74. The van der Waals surface area contributed by atoms with E-state index in [4.69, 9.17) is 0 Å². The van der Waals surface area contributed by atoms with Gasteiger partial charge >= 0.3 is 0 Å². The van der Waals surface area contributed by atoms with Gasteiger partial charge < -0.3 is 9.80 Å². The molecule has 2 fully saturated rings. The molecule has 1 aromatic rings. The zero-order valence-electron chi connectivity index (χ0n) is 13.9. The molecule has 0 aromatic heterocycles. The van der Waals surface area contributed by atoms with Crippen LogP contribution in [0.1, 0.15) is 43.0 Å². The van der Waals surface area contributed by atoms with Gasteiger partial charge in [0.05, 0.1) is 0 Å². The first-order valence-corrected chi connectivity index (χ1v) is 8.78. The third-order valence-corrected chi connectivity index (χ3v) is 5.12. The van der Waals surface area contributed by atoms with Gasteiger partial charge in [0.2, 0.25) is 5.91 Å². The molecule has 0 saturated carbocycles. The van der Waals surface area contributed by atoms with E-state index in [1.807, 2.05) is 40.1 Å². The minimum atomic E-state index is 0.0862. The summed E-state index contributed by atoms with van der Waals surface area (Å²) >= 11 is 0. The fourth-order valence-electron chi connectivity index (χ4n) is 3.74. The highest BCUT2D eigenvalue weighted by Crippen LogP contribution is 2.24. The lowest BCUT2D eigenvalue weighted by atomic mass is 9.92. The molecule has 2 aliphatic heterocycles. The predicted octanol–water partition coefficient (Wildman–Crippen LogP) is 2.80.